The van der Waals surface area contributed by atoms with E-state index in [2.05, 4.69) is 16.3 Å². The fourth-order valence-electron chi connectivity index (χ4n) is 3.88. The normalized spacial score (nSPS) is 22.4. The first kappa shape index (κ1) is 21.4. The molecule has 29 heavy (non-hydrogen) atoms. The average molecular weight is 421 g/mol. The van der Waals surface area contributed by atoms with Crippen molar-refractivity contribution < 1.29 is 19.5 Å². The Morgan fingerprint density at radius 1 is 1.28 bits per heavy atom. The van der Waals surface area contributed by atoms with Crippen molar-refractivity contribution in [1.82, 2.24) is 15.9 Å². The molecule has 158 valence electrons. The second-order valence-corrected chi connectivity index (χ2v) is 8.58. The number of thioether (sulfide) groups is 1. The minimum absolute atomic E-state index is 0.0580. The molecule has 8 nitrogen and oxygen atoms in total. The summed E-state index contributed by atoms with van der Waals surface area (Å²) in [4.78, 5) is 36.5. The predicted molar refractivity (Wildman–Crippen MR) is 112 cm³/mol. The van der Waals surface area contributed by atoms with Crippen LogP contribution in [0.4, 0.5) is 5.69 Å². The van der Waals surface area contributed by atoms with E-state index in [1.807, 2.05) is 24.5 Å². The monoisotopic (exact) mass is 420 g/mol. The van der Waals surface area contributed by atoms with Gasteiger partial charge in [0.25, 0.3) is 5.91 Å². The van der Waals surface area contributed by atoms with E-state index in [9.17, 15) is 19.5 Å². The first-order chi connectivity index (χ1) is 14.0. The van der Waals surface area contributed by atoms with Gasteiger partial charge in [0.1, 0.15) is 6.04 Å². The maximum Gasteiger partial charge on any atom is 0.326 e. The van der Waals surface area contributed by atoms with Crippen molar-refractivity contribution in [3.8, 4) is 0 Å². The van der Waals surface area contributed by atoms with Gasteiger partial charge in [-0.2, -0.15) is 11.8 Å². The van der Waals surface area contributed by atoms with Crippen molar-refractivity contribution in [2.24, 2.45) is 11.8 Å². The Hall–Kier alpha value is -2.26. The summed E-state index contributed by atoms with van der Waals surface area (Å²) >= 11 is 1.56. The van der Waals surface area contributed by atoms with Gasteiger partial charge in [0, 0.05) is 12.5 Å². The number of fused-ring (bicyclic) bond motifs is 1. The molecule has 1 aliphatic carbocycles. The second-order valence-electron chi connectivity index (χ2n) is 7.60. The molecule has 1 fully saturated rings. The molecule has 4 N–H and O–H groups in total. The molecule has 2 amide bonds. The molecule has 0 bridgehead atoms. The molecule has 0 unspecified atom stereocenters. The molecule has 1 heterocycles. The number of hydrogen-bond acceptors (Lipinski definition) is 6. The number of nitrogens with one attached hydrogen (secondary N) is 3. The minimum atomic E-state index is -0.983. The lowest BCUT2D eigenvalue weighted by molar-refractivity contribution is -0.142. The number of hydrogen-bond donors (Lipinski definition) is 4. The summed E-state index contributed by atoms with van der Waals surface area (Å²) in [5.41, 5.74) is 7.40. The van der Waals surface area contributed by atoms with E-state index in [4.69, 9.17) is 0 Å². The van der Waals surface area contributed by atoms with Gasteiger partial charge in [-0.15, -0.1) is 5.53 Å². The molecule has 1 atom stereocenters. The van der Waals surface area contributed by atoms with Crippen LogP contribution in [0, 0.1) is 11.8 Å². The van der Waals surface area contributed by atoms with Crippen LogP contribution in [-0.2, 0) is 9.59 Å². The smallest absolute Gasteiger partial charge is 0.326 e. The van der Waals surface area contributed by atoms with Gasteiger partial charge >= 0.3 is 5.97 Å². The largest absolute Gasteiger partial charge is 0.480 e. The first-order valence-corrected chi connectivity index (χ1v) is 11.3. The summed E-state index contributed by atoms with van der Waals surface area (Å²) in [5, 5.41) is 13.6. The Labute approximate surface area is 174 Å². The third kappa shape index (κ3) is 5.42. The number of benzene rings is 1. The van der Waals surface area contributed by atoms with Crippen molar-refractivity contribution in [3.05, 3.63) is 29.8 Å². The van der Waals surface area contributed by atoms with Crippen LogP contribution in [0.3, 0.4) is 0 Å². The summed E-state index contributed by atoms with van der Waals surface area (Å²) in [7, 11) is 0. The van der Waals surface area contributed by atoms with Crippen LogP contribution in [0.25, 0.3) is 0 Å². The van der Waals surface area contributed by atoms with Gasteiger partial charge in [-0.25, -0.2) is 4.79 Å². The standard InChI is InChI=1S/C20H28N4O4S/c1-29-11-10-17(20(27)28)21-18(25)14-8-6-13(7-9-14)12-24-19(26)15-4-2-3-5-16(15)22-23-24/h2-5,13-14,17,22-23H,6-12H2,1H3,(H,21,25)(H,27,28)/t13?,14?,17-/m0/s1. The molecule has 1 saturated carbocycles. The van der Waals surface area contributed by atoms with Gasteiger partial charge in [0.05, 0.1) is 11.3 Å². The number of amides is 2. The van der Waals surface area contributed by atoms with Crippen LogP contribution < -0.4 is 16.3 Å². The van der Waals surface area contributed by atoms with Crippen LogP contribution >= 0.6 is 11.8 Å². The van der Waals surface area contributed by atoms with Crippen molar-refractivity contribution in [1.29, 1.82) is 0 Å². The number of aliphatic carboxylic acids is 1. The number of hydrazine groups is 2. The van der Waals surface area contributed by atoms with Crippen molar-refractivity contribution in [2.45, 2.75) is 38.1 Å². The Bertz CT molecular complexity index is 752. The molecule has 0 spiro atoms. The molecule has 1 aromatic rings. The van der Waals surface area contributed by atoms with Crippen molar-refractivity contribution in [3.63, 3.8) is 0 Å². The Morgan fingerprint density at radius 2 is 2.00 bits per heavy atom. The molecule has 1 aromatic carbocycles. The molecule has 1 aliphatic heterocycles. The number of carboxylic acid groups (broad SMARTS) is 1. The van der Waals surface area contributed by atoms with E-state index in [0.717, 1.165) is 18.5 Å². The summed E-state index contributed by atoms with van der Waals surface area (Å²) in [5.74, 6) is -0.376. The highest BCUT2D eigenvalue weighted by atomic mass is 32.2. The molecule has 9 heteroatoms. The maximum atomic E-state index is 12.6. The lowest BCUT2D eigenvalue weighted by Crippen LogP contribution is -2.52. The minimum Gasteiger partial charge on any atom is -0.480 e. The van der Waals surface area contributed by atoms with Gasteiger partial charge in [-0.3, -0.25) is 14.6 Å². The number of nitrogens with zero attached hydrogens (tertiary/aromatic N) is 1. The van der Waals surface area contributed by atoms with Gasteiger partial charge in [0.2, 0.25) is 5.91 Å². The summed E-state index contributed by atoms with van der Waals surface area (Å²) in [6.07, 6.45) is 5.41. The zero-order valence-corrected chi connectivity index (χ0v) is 17.3. The maximum absolute atomic E-state index is 12.6. The van der Waals surface area contributed by atoms with E-state index in [1.165, 1.54) is 0 Å². The number of anilines is 1. The summed E-state index contributed by atoms with van der Waals surface area (Å²) in [6.45, 7) is 0.569. The molecular formula is C20H28N4O4S. The summed E-state index contributed by atoms with van der Waals surface area (Å²) in [6, 6.07) is 6.54. The Morgan fingerprint density at radius 3 is 2.69 bits per heavy atom. The zero-order chi connectivity index (χ0) is 20.8. The van der Waals surface area contributed by atoms with Gasteiger partial charge in [-0.1, -0.05) is 12.1 Å². The van der Waals surface area contributed by atoms with Crippen LogP contribution in [0.15, 0.2) is 24.3 Å². The topological polar surface area (TPSA) is 111 Å². The molecule has 2 aliphatic rings. The lowest BCUT2D eigenvalue weighted by atomic mass is 9.81. The molecule has 0 saturated heterocycles. The molecule has 0 aromatic heterocycles. The third-order valence-electron chi connectivity index (χ3n) is 5.61. The Balaban J connectivity index is 1.47. The molecule has 3 rings (SSSR count). The van der Waals surface area contributed by atoms with Crippen LogP contribution in [0.1, 0.15) is 42.5 Å². The van der Waals surface area contributed by atoms with Crippen LogP contribution in [0.2, 0.25) is 0 Å². The van der Waals surface area contributed by atoms with E-state index in [-0.39, 0.29) is 17.7 Å². The quantitative estimate of drug-likeness (QED) is 0.510. The van der Waals surface area contributed by atoms with Crippen molar-refractivity contribution in [2.75, 3.05) is 24.0 Å². The average Bonchev–Trinajstić information content (AvgIpc) is 2.73. The lowest BCUT2D eigenvalue weighted by Gasteiger charge is -2.35. The molecule has 0 radical (unpaired) electrons. The first-order valence-electron chi connectivity index (χ1n) is 9.94. The summed E-state index contributed by atoms with van der Waals surface area (Å²) < 4.78 is 0. The fourth-order valence-corrected chi connectivity index (χ4v) is 4.35. The highest BCUT2D eigenvalue weighted by Crippen LogP contribution is 2.30. The van der Waals surface area contributed by atoms with E-state index >= 15 is 0 Å². The van der Waals surface area contributed by atoms with Gasteiger partial charge < -0.3 is 15.8 Å². The number of carbonyl (C=O) groups excluding carboxylic acids is 2. The number of carbonyl (C=O) groups is 3. The van der Waals surface area contributed by atoms with Gasteiger partial charge in [0.15, 0.2) is 0 Å². The van der Waals surface area contributed by atoms with Crippen molar-refractivity contribution >= 4 is 35.2 Å². The highest BCUT2D eigenvalue weighted by molar-refractivity contribution is 7.98. The SMILES string of the molecule is CSCC[C@H](NC(=O)C1CCC(CN2NNc3ccccc3C2=O)CC1)C(=O)O. The number of rotatable bonds is 8. The fraction of sp³-hybridized carbons (Fsp3) is 0.550. The highest BCUT2D eigenvalue weighted by Gasteiger charge is 2.32. The van der Waals surface area contributed by atoms with E-state index in [1.54, 1.807) is 22.8 Å². The van der Waals surface area contributed by atoms with Crippen LogP contribution in [0.5, 0.6) is 0 Å². The van der Waals surface area contributed by atoms with Crippen LogP contribution in [-0.4, -0.2) is 52.5 Å². The van der Waals surface area contributed by atoms with Gasteiger partial charge in [-0.05, 0) is 62.2 Å². The van der Waals surface area contributed by atoms with E-state index in [0.29, 0.717) is 43.0 Å². The number of carboxylic acids is 1. The predicted octanol–water partition coefficient (Wildman–Crippen LogP) is 2.10. The van der Waals surface area contributed by atoms with E-state index < -0.39 is 12.0 Å². The zero-order valence-electron chi connectivity index (χ0n) is 16.5. The second kappa shape index (κ2) is 9.98. The number of para-hydroxylation sites is 1. The Kier molecular flexibility index (Phi) is 7.38. The molecular weight excluding hydrogens is 392 g/mol. The third-order valence-corrected chi connectivity index (χ3v) is 6.26.